The van der Waals surface area contributed by atoms with Gasteiger partial charge in [0.1, 0.15) is 0 Å². The molecule has 3 N–H and O–H groups in total. The lowest BCUT2D eigenvalue weighted by molar-refractivity contribution is -0.117. The zero-order chi connectivity index (χ0) is 15.1. The van der Waals surface area contributed by atoms with E-state index in [2.05, 4.69) is 12.2 Å². The molecule has 1 aliphatic carbocycles. The van der Waals surface area contributed by atoms with E-state index in [1.165, 1.54) is 32.1 Å². The average Bonchev–Trinajstić information content (AvgIpc) is 2.51. The molecule has 1 aromatic rings. The fourth-order valence-corrected chi connectivity index (χ4v) is 3.16. The van der Waals surface area contributed by atoms with Crippen LogP contribution in [0.2, 0.25) is 0 Å². The third-order valence-electron chi connectivity index (χ3n) is 4.32. The summed E-state index contributed by atoms with van der Waals surface area (Å²) < 4.78 is 0. The number of hydrogen-bond donors (Lipinski definition) is 2. The zero-order valence-corrected chi connectivity index (χ0v) is 12.8. The molecular weight excluding hydrogens is 260 g/mol. The van der Waals surface area contributed by atoms with E-state index in [0.29, 0.717) is 17.6 Å². The Kier molecular flexibility index (Phi) is 5.85. The molecule has 0 spiro atoms. The van der Waals surface area contributed by atoms with Crippen LogP contribution in [0.5, 0.6) is 0 Å². The van der Waals surface area contributed by atoms with Crippen molar-refractivity contribution < 1.29 is 4.79 Å². The first-order valence-electron chi connectivity index (χ1n) is 8.03. The van der Waals surface area contributed by atoms with Gasteiger partial charge in [-0.1, -0.05) is 38.3 Å². The van der Waals surface area contributed by atoms with Crippen LogP contribution in [0.15, 0.2) is 30.3 Å². The summed E-state index contributed by atoms with van der Waals surface area (Å²) in [7, 11) is 0. The standard InChI is InChI=1S/C18H26N2O/c1-2-17(15-8-4-3-5-9-15)20-18(21)12-11-14-7-6-10-16(19)13-14/h6-7,10-13,15,17H,2-5,8-9,19H2,1H3,(H,20,21)/b12-11+. The Hall–Kier alpha value is -1.77. The number of amides is 1. The number of hydrogen-bond acceptors (Lipinski definition) is 2. The molecule has 1 aromatic carbocycles. The number of rotatable bonds is 5. The van der Waals surface area contributed by atoms with Crippen molar-refractivity contribution in [2.45, 2.75) is 51.5 Å². The van der Waals surface area contributed by atoms with Crippen molar-refractivity contribution >= 4 is 17.7 Å². The van der Waals surface area contributed by atoms with E-state index in [1.54, 1.807) is 6.08 Å². The topological polar surface area (TPSA) is 55.1 Å². The van der Waals surface area contributed by atoms with Crippen molar-refractivity contribution in [2.24, 2.45) is 5.92 Å². The molecular formula is C18H26N2O. The quantitative estimate of drug-likeness (QED) is 0.639. The van der Waals surface area contributed by atoms with Gasteiger partial charge in [-0.3, -0.25) is 4.79 Å². The van der Waals surface area contributed by atoms with Gasteiger partial charge in [0, 0.05) is 17.8 Å². The Labute approximate surface area is 127 Å². The van der Waals surface area contributed by atoms with Crippen LogP contribution in [0.3, 0.4) is 0 Å². The van der Waals surface area contributed by atoms with Gasteiger partial charge in [-0.05, 0) is 49.0 Å². The number of nitrogen functional groups attached to an aromatic ring is 1. The van der Waals surface area contributed by atoms with Gasteiger partial charge in [0.15, 0.2) is 0 Å². The molecule has 1 aliphatic rings. The maximum atomic E-state index is 12.1. The van der Waals surface area contributed by atoms with Gasteiger partial charge in [-0.25, -0.2) is 0 Å². The smallest absolute Gasteiger partial charge is 0.244 e. The summed E-state index contributed by atoms with van der Waals surface area (Å²) in [6.45, 7) is 2.15. The summed E-state index contributed by atoms with van der Waals surface area (Å²) in [5.41, 5.74) is 7.40. The molecule has 1 unspecified atom stereocenters. The Morgan fingerprint density at radius 2 is 2.14 bits per heavy atom. The first-order chi connectivity index (χ1) is 10.2. The summed E-state index contributed by atoms with van der Waals surface area (Å²) in [4.78, 5) is 12.1. The average molecular weight is 286 g/mol. The third-order valence-corrected chi connectivity index (χ3v) is 4.32. The monoisotopic (exact) mass is 286 g/mol. The van der Waals surface area contributed by atoms with Gasteiger partial charge in [0.25, 0.3) is 0 Å². The predicted molar refractivity (Wildman–Crippen MR) is 88.7 cm³/mol. The van der Waals surface area contributed by atoms with E-state index in [1.807, 2.05) is 30.3 Å². The summed E-state index contributed by atoms with van der Waals surface area (Å²) >= 11 is 0. The van der Waals surface area contributed by atoms with Crippen LogP contribution in [-0.4, -0.2) is 11.9 Å². The predicted octanol–water partition coefficient (Wildman–Crippen LogP) is 3.76. The largest absolute Gasteiger partial charge is 0.399 e. The molecule has 1 saturated carbocycles. The molecule has 1 fully saturated rings. The molecule has 0 bridgehead atoms. The Bertz CT molecular complexity index is 490. The fraction of sp³-hybridized carbons (Fsp3) is 0.500. The van der Waals surface area contributed by atoms with Crippen molar-refractivity contribution in [1.29, 1.82) is 0 Å². The van der Waals surface area contributed by atoms with Crippen molar-refractivity contribution in [3.63, 3.8) is 0 Å². The van der Waals surface area contributed by atoms with Crippen LogP contribution in [-0.2, 0) is 4.79 Å². The van der Waals surface area contributed by atoms with E-state index in [-0.39, 0.29) is 5.91 Å². The van der Waals surface area contributed by atoms with Crippen LogP contribution in [0.25, 0.3) is 6.08 Å². The van der Waals surface area contributed by atoms with Gasteiger partial charge < -0.3 is 11.1 Å². The Morgan fingerprint density at radius 1 is 1.38 bits per heavy atom. The maximum absolute atomic E-state index is 12.1. The van der Waals surface area contributed by atoms with E-state index >= 15 is 0 Å². The highest BCUT2D eigenvalue weighted by Gasteiger charge is 2.22. The van der Waals surface area contributed by atoms with Crippen LogP contribution in [0, 0.1) is 5.92 Å². The first kappa shape index (κ1) is 15.6. The molecule has 0 aromatic heterocycles. The van der Waals surface area contributed by atoms with E-state index in [0.717, 1.165) is 12.0 Å². The molecule has 3 heteroatoms. The number of anilines is 1. The molecule has 1 atom stereocenters. The number of benzene rings is 1. The van der Waals surface area contributed by atoms with Crippen molar-refractivity contribution in [3.05, 3.63) is 35.9 Å². The highest BCUT2D eigenvalue weighted by molar-refractivity contribution is 5.92. The van der Waals surface area contributed by atoms with Crippen molar-refractivity contribution in [2.75, 3.05) is 5.73 Å². The molecule has 0 aliphatic heterocycles. The third kappa shape index (κ3) is 4.92. The minimum atomic E-state index is -0.00477. The highest BCUT2D eigenvalue weighted by Crippen LogP contribution is 2.27. The molecule has 21 heavy (non-hydrogen) atoms. The van der Waals surface area contributed by atoms with Crippen LogP contribution in [0.1, 0.15) is 51.0 Å². The normalized spacial score (nSPS) is 17.8. The maximum Gasteiger partial charge on any atom is 0.244 e. The summed E-state index contributed by atoms with van der Waals surface area (Å²) in [5, 5.41) is 3.16. The summed E-state index contributed by atoms with van der Waals surface area (Å²) in [5.74, 6) is 0.642. The first-order valence-corrected chi connectivity index (χ1v) is 8.03. The van der Waals surface area contributed by atoms with Gasteiger partial charge in [0.05, 0.1) is 0 Å². The summed E-state index contributed by atoms with van der Waals surface area (Å²) in [6.07, 6.45) is 10.9. The zero-order valence-electron chi connectivity index (χ0n) is 12.8. The lowest BCUT2D eigenvalue weighted by Gasteiger charge is -2.29. The van der Waals surface area contributed by atoms with Crippen LogP contribution < -0.4 is 11.1 Å². The summed E-state index contributed by atoms with van der Waals surface area (Å²) in [6, 6.07) is 7.85. The Balaban J connectivity index is 1.90. The fourth-order valence-electron chi connectivity index (χ4n) is 3.16. The van der Waals surface area contributed by atoms with Gasteiger partial charge in [-0.2, -0.15) is 0 Å². The van der Waals surface area contributed by atoms with E-state index in [9.17, 15) is 4.79 Å². The number of carbonyl (C=O) groups is 1. The second kappa shape index (κ2) is 7.87. The van der Waals surface area contributed by atoms with Gasteiger partial charge in [-0.15, -0.1) is 0 Å². The lowest BCUT2D eigenvalue weighted by Crippen LogP contribution is -2.39. The number of nitrogens with two attached hydrogens (primary N) is 1. The van der Waals surface area contributed by atoms with E-state index < -0.39 is 0 Å². The van der Waals surface area contributed by atoms with E-state index in [4.69, 9.17) is 5.73 Å². The molecule has 2 rings (SSSR count). The van der Waals surface area contributed by atoms with Crippen LogP contribution >= 0.6 is 0 Å². The van der Waals surface area contributed by atoms with Crippen LogP contribution in [0.4, 0.5) is 5.69 Å². The molecule has 0 radical (unpaired) electrons. The lowest BCUT2D eigenvalue weighted by atomic mass is 9.83. The highest BCUT2D eigenvalue weighted by atomic mass is 16.1. The number of nitrogens with one attached hydrogen (secondary N) is 1. The minimum absolute atomic E-state index is 0.00477. The minimum Gasteiger partial charge on any atom is -0.399 e. The van der Waals surface area contributed by atoms with Crippen molar-refractivity contribution in [3.8, 4) is 0 Å². The second-order valence-electron chi connectivity index (χ2n) is 5.92. The molecule has 0 heterocycles. The molecule has 0 saturated heterocycles. The second-order valence-corrected chi connectivity index (χ2v) is 5.92. The van der Waals surface area contributed by atoms with Crippen molar-refractivity contribution in [1.82, 2.24) is 5.32 Å². The molecule has 1 amide bonds. The Morgan fingerprint density at radius 3 is 2.81 bits per heavy atom. The number of carbonyl (C=O) groups excluding carboxylic acids is 1. The molecule has 114 valence electrons. The van der Waals surface area contributed by atoms with Gasteiger partial charge >= 0.3 is 0 Å². The van der Waals surface area contributed by atoms with Gasteiger partial charge in [0.2, 0.25) is 5.91 Å². The SMILES string of the molecule is CCC(NC(=O)/C=C/c1cccc(N)c1)C1CCCCC1. The molecule has 3 nitrogen and oxygen atoms in total.